The summed E-state index contributed by atoms with van der Waals surface area (Å²) in [6.45, 7) is 4.58. The third-order valence-electron chi connectivity index (χ3n) is 2.16. The highest BCUT2D eigenvalue weighted by Crippen LogP contribution is 2.05. The van der Waals surface area contributed by atoms with Crippen LogP contribution >= 0.6 is 0 Å². The molecule has 0 rings (SSSR count). The predicted octanol–water partition coefficient (Wildman–Crippen LogP) is -2.68. The van der Waals surface area contributed by atoms with Crippen molar-refractivity contribution in [3.05, 3.63) is 0 Å². The van der Waals surface area contributed by atoms with Crippen LogP contribution in [0.4, 0.5) is 0 Å². The molecule has 0 aromatic heterocycles. The van der Waals surface area contributed by atoms with Crippen molar-refractivity contribution in [2.45, 2.75) is 26.4 Å². The number of likely N-dealkylation sites (N-methyl/N-ethyl adjacent to an activating group) is 1. The van der Waals surface area contributed by atoms with Crippen LogP contribution in [0.25, 0.3) is 0 Å². The maximum Gasteiger partial charge on any atom is 0.361 e. The SMILES string of the molecule is CCOC(=O)C[N+](C)(C)C(N)CC.[Cl-]. The van der Waals surface area contributed by atoms with E-state index in [0.717, 1.165) is 6.42 Å². The van der Waals surface area contributed by atoms with Crippen molar-refractivity contribution >= 4 is 5.97 Å². The number of rotatable bonds is 5. The molecule has 0 fully saturated rings. The van der Waals surface area contributed by atoms with Gasteiger partial charge in [0.25, 0.3) is 0 Å². The third kappa shape index (κ3) is 5.42. The number of esters is 1. The van der Waals surface area contributed by atoms with Crippen LogP contribution in [0.2, 0.25) is 0 Å². The van der Waals surface area contributed by atoms with Gasteiger partial charge in [-0.25, -0.2) is 4.79 Å². The van der Waals surface area contributed by atoms with Gasteiger partial charge in [0.2, 0.25) is 0 Å². The van der Waals surface area contributed by atoms with E-state index in [4.69, 9.17) is 10.5 Å². The molecule has 0 aliphatic carbocycles. The van der Waals surface area contributed by atoms with E-state index in [-0.39, 0.29) is 24.5 Å². The Morgan fingerprint density at radius 1 is 1.43 bits per heavy atom. The van der Waals surface area contributed by atoms with E-state index in [1.165, 1.54) is 0 Å². The summed E-state index contributed by atoms with van der Waals surface area (Å²) in [5.41, 5.74) is 5.86. The number of carbonyl (C=O) groups excluding carboxylic acids is 1. The van der Waals surface area contributed by atoms with E-state index in [1.807, 2.05) is 21.0 Å². The molecule has 4 nitrogen and oxygen atoms in total. The van der Waals surface area contributed by atoms with Crippen LogP contribution in [0.5, 0.6) is 0 Å². The third-order valence-corrected chi connectivity index (χ3v) is 2.16. The van der Waals surface area contributed by atoms with Crippen molar-refractivity contribution in [2.75, 3.05) is 27.2 Å². The molecule has 1 atom stereocenters. The second-order valence-electron chi connectivity index (χ2n) is 3.72. The molecular weight excluding hydrogens is 204 g/mol. The molecule has 0 aromatic rings. The molecule has 86 valence electrons. The Bertz CT molecular complexity index is 174. The summed E-state index contributed by atoms with van der Waals surface area (Å²) in [4.78, 5) is 11.2. The van der Waals surface area contributed by atoms with E-state index in [9.17, 15) is 4.79 Å². The summed E-state index contributed by atoms with van der Waals surface area (Å²) in [7, 11) is 3.87. The maximum absolute atomic E-state index is 11.2. The fraction of sp³-hybridized carbons (Fsp3) is 0.889. The number of carbonyl (C=O) groups is 1. The van der Waals surface area contributed by atoms with Gasteiger partial charge < -0.3 is 21.6 Å². The van der Waals surface area contributed by atoms with Gasteiger partial charge in [-0.1, -0.05) is 6.92 Å². The lowest BCUT2D eigenvalue weighted by Crippen LogP contribution is -3.00. The molecule has 2 N–H and O–H groups in total. The van der Waals surface area contributed by atoms with Gasteiger partial charge in [0.05, 0.1) is 20.7 Å². The molecule has 0 aliphatic heterocycles. The number of quaternary nitrogens is 1. The van der Waals surface area contributed by atoms with Gasteiger partial charge in [-0.15, -0.1) is 0 Å². The van der Waals surface area contributed by atoms with Gasteiger partial charge >= 0.3 is 5.97 Å². The van der Waals surface area contributed by atoms with Crippen molar-refractivity contribution in [1.82, 2.24) is 0 Å². The zero-order valence-electron chi connectivity index (χ0n) is 9.42. The Hall–Kier alpha value is -0.320. The first kappa shape index (κ1) is 16.1. The average molecular weight is 225 g/mol. The maximum atomic E-state index is 11.2. The topological polar surface area (TPSA) is 52.3 Å². The van der Waals surface area contributed by atoms with Crippen LogP contribution in [0.15, 0.2) is 0 Å². The van der Waals surface area contributed by atoms with Gasteiger partial charge in [-0.2, -0.15) is 0 Å². The summed E-state index contributed by atoms with van der Waals surface area (Å²) in [5.74, 6) is -0.184. The summed E-state index contributed by atoms with van der Waals surface area (Å²) >= 11 is 0. The molecule has 0 saturated carbocycles. The van der Waals surface area contributed by atoms with Crippen molar-refractivity contribution in [1.29, 1.82) is 0 Å². The molecular formula is C9H21ClN2O2. The summed E-state index contributed by atoms with van der Waals surface area (Å²) in [6.07, 6.45) is 0.844. The lowest BCUT2D eigenvalue weighted by molar-refractivity contribution is -0.908. The van der Waals surface area contributed by atoms with Crippen LogP contribution in [0.3, 0.4) is 0 Å². The highest BCUT2D eigenvalue weighted by Gasteiger charge is 2.26. The molecule has 0 amide bonds. The molecule has 5 heteroatoms. The van der Waals surface area contributed by atoms with Gasteiger partial charge in [0.1, 0.15) is 6.17 Å². The van der Waals surface area contributed by atoms with E-state index < -0.39 is 0 Å². The van der Waals surface area contributed by atoms with Crippen molar-refractivity contribution in [3.8, 4) is 0 Å². The minimum atomic E-state index is -0.184. The lowest BCUT2D eigenvalue weighted by Gasteiger charge is -2.33. The monoisotopic (exact) mass is 224 g/mol. The minimum Gasteiger partial charge on any atom is -1.00 e. The van der Waals surface area contributed by atoms with E-state index in [0.29, 0.717) is 17.6 Å². The number of nitrogens with two attached hydrogens (primary N) is 1. The smallest absolute Gasteiger partial charge is 0.361 e. The minimum absolute atomic E-state index is 0. The van der Waals surface area contributed by atoms with Crippen LogP contribution in [-0.2, 0) is 9.53 Å². The van der Waals surface area contributed by atoms with E-state index >= 15 is 0 Å². The first-order chi connectivity index (χ1) is 5.94. The van der Waals surface area contributed by atoms with Crippen molar-refractivity contribution < 1.29 is 26.4 Å². The van der Waals surface area contributed by atoms with Crippen molar-refractivity contribution in [2.24, 2.45) is 5.73 Å². The summed E-state index contributed by atoms with van der Waals surface area (Å²) < 4.78 is 5.34. The molecule has 0 heterocycles. The van der Waals surface area contributed by atoms with Gasteiger partial charge in [0, 0.05) is 6.42 Å². The van der Waals surface area contributed by atoms with E-state index in [1.54, 1.807) is 6.92 Å². The molecule has 1 unspecified atom stereocenters. The predicted molar refractivity (Wildman–Crippen MR) is 51.9 cm³/mol. The number of nitrogens with zero attached hydrogens (tertiary/aromatic N) is 1. The van der Waals surface area contributed by atoms with Gasteiger partial charge in [-0.3, -0.25) is 5.73 Å². The van der Waals surface area contributed by atoms with E-state index in [2.05, 4.69) is 0 Å². The Kier molecular flexibility index (Phi) is 8.10. The van der Waals surface area contributed by atoms with Crippen LogP contribution < -0.4 is 18.1 Å². The Morgan fingerprint density at radius 3 is 2.29 bits per heavy atom. The quantitative estimate of drug-likeness (QED) is 0.315. The summed E-state index contributed by atoms with van der Waals surface area (Å²) in [6, 6.07) is 0. The number of hydrogen-bond acceptors (Lipinski definition) is 3. The average Bonchev–Trinajstić information content (AvgIpc) is 2.02. The summed E-state index contributed by atoms with van der Waals surface area (Å²) in [5, 5.41) is 0. The van der Waals surface area contributed by atoms with Gasteiger partial charge in [0.15, 0.2) is 6.54 Å². The largest absolute Gasteiger partial charge is 1.00 e. The highest BCUT2D eigenvalue weighted by molar-refractivity contribution is 5.70. The zero-order valence-corrected chi connectivity index (χ0v) is 10.2. The normalized spacial score (nSPS) is 12.9. The second kappa shape index (κ2) is 7.04. The molecule has 0 aliphatic rings. The van der Waals surface area contributed by atoms with Crippen LogP contribution in [0, 0.1) is 0 Å². The van der Waals surface area contributed by atoms with Gasteiger partial charge in [-0.05, 0) is 6.92 Å². The number of halogens is 1. The lowest BCUT2D eigenvalue weighted by atomic mass is 10.3. The Labute approximate surface area is 92.4 Å². The van der Waals surface area contributed by atoms with Crippen LogP contribution in [-0.4, -0.2) is 43.9 Å². The zero-order chi connectivity index (χ0) is 10.5. The Balaban J connectivity index is 0. The molecule has 14 heavy (non-hydrogen) atoms. The van der Waals surface area contributed by atoms with Crippen LogP contribution in [0.1, 0.15) is 20.3 Å². The fourth-order valence-corrected chi connectivity index (χ4v) is 1.15. The molecule has 0 aromatic carbocycles. The Morgan fingerprint density at radius 2 is 1.93 bits per heavy atom. The number of hydrogen-bond donors (Lipinski definition) is 1. The first-order valence-corrected chi connectivity index (χ1v) is 4.68. The number of ether oxygens (including phenoxy) is 1. The second-order valence-corrected chi connectivity index (χ2v) is 3.72. The first-order valence-electron chi connectivity index (χ1n) is 4.68. The molecule has 0 spiro atoms. The molecule has 0 saturated heterocycles. The molecule has 0 radical (unpaired) electrons. The highest BCUT2D eigenvalue weighted by atomic mass is 35.5. The molecule has 0 bridgehead atoms. The standard InChI is InChI=1S/C9H21N2O2.ClH/c1-5-8(10)11(3,4)7-9(12)13-6-2;/h8H,5-7,10H2,1-4H3;1H/q+1;/p-1. The fourth-order valence-electron chi connectivity index (χ4n) is 1.15. The van der Waals surface area contributed by atoms with Crippen molar-refractivity contribution in [3.63, 3.8) is 0 Å².